The van der Waals surface area contributed by atoms with Gasteiger partial charge in [0.1, 0.15) is 11.3 Å². The van der Waals surface area contributed by atoms with Crippen LogP contribution < -0.4 is 9.80 Å². The van der Waals surface area contributed by atoms with Crippen molar-refractivity contribution in [2.45, 2.75) is 6.92 Å². The van der Waals surface area contributed by atoms with Crippen LogP contribution in [0.15, 0.2) is 206 Å². The minimum atomic E-state index is 0.813. The molecule has 2 heterocycles. The molecule has 8 aromatic carbocycles. The molecule has 2 aromatic heterocycles. The number of rotatable bonds is 8. The van der Waals surface area contributed by atoms with Crippen LogP contribution in [0.2, 0.25) is 0 Å². The van der Waals surface area contributed by atoms with Gasteiger partial charge < -0.3 is 9.80 Å². The van der Waals surface area contributed by atoms with Crippen LogP contribution in [-0.4, -0.2) is 14.5 Å². The topological polar surface area (TPSA) is 37.2 Å². The summed E-state index contributed by atoms with van der Waals surface area (Å²) in [5.41, 5.74) is 11.0. The summed E-state index contributed by atoms with van der Waals surface area (Å²) in [6.45, 7) is 2.14. The third-order valence-electron chi connectivity index (χ3n) is 10.5. The molecule has 0 atom stereocenters. The largest absolute Gasteiger partial charge is 0.310 e. The summed E-state index contributed by atoms with van der Waals surface area (Å²) in [5.74, 6) is 0.814. The molecule has 0 radical (unpaired) electrons. The second-order valence-electron chi connectivity index (χ2n) is 14.0. The lowest BCUT2D eigenvalue weighted by molar-refractivity contribution is 1.06. The molecule has 0 aliphatic rings. The Morgan fingerprint density at radius 1 is 0.411 bits per heavy atom. The predicted octanol–water partition coefficient (Wildman–Crippen LogP) is 13.6. The molecule has 10 rings (SSSR count). The highest BCUT2D eigenvalue weighted by Gasteiger charge is 2.23. The lowest BCUT2D eigenvalue weighted by Gasteiger charge is -2.30. The zero-order valence-corrected chi connectivity index (χ0v) is 30.9. The molecule has 0 fully saturated rings. The van der Waals surface area contributed by atoms with Crippen LogP contribution in [0.1, 0.15) is 5.56 Å². The van der Waals surface area contributed by atoms with E-state index in [-0.39, 0.29) is 0 Å². The fourth-order valence-corrected chi connectivity index (χ4v) is 7.81. The van der Waals surface area contributed by atoms with Gasteiger partial charge in [0, 0.05) is 45.9 Å². The van der Waals surface area contributed by atoms with Gasteiger partial charge in [-0.05, 0) is 119 Å². The van der Waals surface area contributed by atoms with Gasteiger partial charge in [0.2, 0.25) is 0 Å². The number of hydrogen-bond acceptors (Lipinski definition) is 4. The Morgan fingerprint density at radius 2 is 0.929 bits per heavy atom. The van der Waals surface area contributed by atoms with Crippen LogP contribution in [0.25, 0.3) is 49.8 Å². The molecule has 0 aliphatic carbocycles. The van der Waals surface area contributed by atoms with Gasteiger partial charge in [-0.3, -0.25) is 4.57 Å². The van der Waals surface area contributed by atoms with Crippen LogP contribution in [0.3, 0.4) is 0 Å². The van der Waals surface area contributed by atoms with E-state index in [0.717, 1.165) is 67.9 Å². The van der Waals surface area contributed by atoms with Crippen molar-refractivity contribution in [2.75, 3.05) is 9.80 Å². The van der Waals surface area contributed by atoms with Crippen molar-refractivity contribution < 1.29 is 0 Å². The molecule has 0 saturated heterocycles. The Morgan fingerprint density at radius 3 is 1.50 bits per heavy atom. The fraction of sp³-hybridized carbons (Fsp3) is 0.0196. The van der Waals surface area contributed by atoms with Crippen LogP contribution >= 0.6 is 0 Å². The van der Waals surface area contributed by atoms with E-state index in [1.807, 2.05) is 18.3 Å². The van der Waals surface area contributed by atoms with Crippen molar-refractivity contribution in [3.05, 3.63) is 212 Å². The number of hydrogen-bond donors (Lipinski definition) is 0. The Bertz CT molecular complexity index is 2870. The molecule has 0 spiro atoms. The SMILES string of the molecule is Cc1ccccc1-n1c(-c2cc(N(c3ccccc3)c3ccc4ccccc4c3)cc(N(c3ccccc3)c3ccc4ccccc4c3)c2)nc2cccnc21. The van der Waals surface area contributed by atoms with E-state index in [2.05, 4.69) is 209 Å². The number of fused-ring (bicyclic) bond motifs is 3. The van der Waals surface area contributed by atoms with Crippen molar-refractivity contribution in [3.63, 3.8) is 0 Å². The van der Waals surface area contributed by atoms with Gasteiger partial charge in [-0.1, -0.05) is 115 Å². The molecular formula is C51H37N5. The summed E-state index contributed by atoms with van der Waals surface area (Å²) in [6, 6.07) is 71.0. The fourth-order valence-electron chi connectivity index (χ4n) is 7.81. The summed E-state index contributed by atoms with van der Waals surface area (Å²) in [6.07, 6.45) is 1.85. The molecule has 0 aliphatic heterocycles. The maximum Gasteiger partial charge on any atom is 0.164 e. The number of benzene rings is 8. The predicted molar refractivity (Wildman–Crippen MR) is 233 cm³/mol. The highest BCUT2D eigenvalue weighted by molar-refractivity contribution is 5.94. The number of aromatic nitrogens is 3. The van der Waals surface area contributed by atoms with Crippen molar-refractivity contribution in [1.29, 1.82) is 0 Å². The lowest BCUT2D eigenvalue weighted by Crippen LogP contribution is -2.14. The summed E-state index contributed by atoms with van der Waals surface area (Å²) >= 11 is 0. The first kappa shape index (κ1) is 33.1. The zero-order chi connectivity index (χ0) is 37.4. The third kappa shape index (κ3) is 6.02. The van der Waals surface area contributed by atoms with Crippen molar-refractivity contribution in [1.82, 2.24) is 14.5 Å². The highest BCUT2D eigenvalue weighted by atomic mass is 15.2. The van der Waals surface area contributed by atoms with E-state index in [0.29, 0.717) is 0 Å². The molecule has 56 heavy (non-hydrogen) atoms. The molecule has 0 amide bonds. The molecule has 0 unspecified atom stereocenters. The number of pyridine rings is 1. The first-order valence-electron chi connectivity index (χ1n) is 18.9. The van der Waals surface area contributed by atoms with E-state index in [9.17, 15) is 0 Å². The number of nitrogens with zero attached hydrogens (tertiary/aromatic N) is 5. The summed E-state index contributed by atoms with van der Waals surface area (Å²) in [7, 11) is 0. The first-order chi connectivity index (χ1) is 27.7. The molecule has 5 nitrogen and oxygen atoms in total. The quantitative estimate of drug-likeness (QED) is 0.157. The molecule has 0 bridgehead atoms. The van der Waals surface area contributed by atoms with Gasteiger partial charge in [-0.25, -0.2) is 9.97 Å². The van der Waals surface area contributed by atoms with Crippen LogP contribution in [0.4, 0.5) is 34.1 Å². The lowest BCUT2D eigenvalue weighted by atomic mass is 10.0. The average molecular weight is 720 g/mol. The van der Waals surface area contributed by atoms with E-state index >= 15 is 0 Å². The number of aryl methyl sites for hydroxylation is 1. The van der Waals surface area contributed by atoms with E-state index < -0.39 is 0 Å². The second kappa shape index (κ2) is 14.0. The Balaban J connectivity index is 1.29. The monoisotopic (exact) mass is 719 g/mol. The molecule has 0 N–H and O–H groups in total. The molecule has 0 saturated carbocycles. The maximum atomic E-state index is 5.34. The smallest absolute Gasteiger partial charge is 0.164 e. The molecule has 5 heteroatoms. The minimum Gasteiger partial charge on any atom is -0.310 e. The number of imidazole rings is 1. The Kier molecular flexibility index (Phi) is 8.30. The van der Waals surface area contributed by atoms with Crippen LogP contribution in [0.5, 0.6) is 0 Å². The summed E-state index contributed by atoms with van der Waals surface area (Å²) < 4.78 is 2.21. The Hall–Kier alpha value is -7.50. The summed E-state index contributed by atoms with van der Waals surface area (Å²) in [4.78, 5) is 14.9. The van der Waals surface area contributed by atoms with Crippen molar-refractivity contribution >= 4 is 66.8 Å². The van der Waals surface area contributed by atoms with Gasteiger partial charge in [0.25, 0.3) is 0 Å². The molecule has 266 valence electrons. The zero-order valence-electron chi connectivity index (χ0n) is 30.9. The summed E-state index contributed by atoms with van der Waals surface area (Å²) in [5, 5.41) is 4.75. The van der Waals surface area contributed by atoms with Gasteiger partial charge >= 0.3 is 0 Å². The third-order valence-corrected chi connectivity index (χ3v) is 10.5. The maximum absolute atomic E-state index is 5.34. The van der Waals surface area contributed by atoms with Gasteiger partial charge in [-0.2, -0.15) is 0 Å². The van der Waals surface area contributed by atoms with Gasteiger partial charge in [-0.15, -0.1) is 0 Å². The standard InChI is InChI=1S/C51H37N5/c1-36-15-8-13-25-49(36)56-50(53-48-24-14-30-52-51(48)56)41-33-46(54(42-20-4-2-5-21-42)44-28-26-37-16-9-11-18-39(37)31-44)35-47(34-41)55(43-22-6-3-7-23-43)45-29-27-38-17-10-12-19-40(38)32-45/h2-35H,1H3. The van der Waals surface area contributed by atoms with E-state index in [1.54, 1.807) is 0 Å². The Labute approximate surface area is 326 Å². The molecule has 10 aromatic rings. The van der Waals surface area contributed by atoms with Gasteiger partial charge in [0.15, 0.2) is 5.65 Å². The normalized spacial score (nSPS) is 11.3. The van der Waals surface area contributed by atoms with E-state index in [1.165, 1.54) is 21.5 Å². The highest BCUT2D eigenvalue weighted by Crippen LogP contribution is 2.44. The van der Waals surface area contributed by atoms with Crippen LogP contribution in [0, 0.1) is 6.92 Å². The van der Waals surface area contributed by atoms with Gasteiger partial charge in [0.05, 0.1) is 5.69 Å². The minimum absolute atomic E-state index is 0.813. The van der Waals surface area contributed by atoms with Crippen LogP contribution in [-0.2, 0) is 0 Å². The molecular weight excluding hydrogens is 683 g/mol. The first-order valence-corrected chi connectivity index (χ1v) is 18.9. The van der Waals surface area contributed by atoms with Crippen molar-refractivity contribution in [2.24, 2.45) is 0 Å². The second-order valence-corrected chi connectivity index (χ2v) is 14.0. The van der Waals surface area contributed by atoms with E-state index in [4.69, 9.17) is 9.97 Å². The van der Waals surface area contributed by atoms with Crippen molar-refractivity contribution in [3.8, 4) is 17.1 Å². The number of para-hydroxylation sites is 3. The average Bonchev–Trinajstić information content (AvgIpc) is 3.64. The number of anilines is 6.